The zero-order valence-electron chi connectivity index (χ0n) is 11.2. The third-order valence-corrected chi connectivity index (χ3v) is 3.74. The highest BCUT2D eigenvalue weighted by Gasteiger charge is 2.27. The summed E-state index contributed by atoms with van der Waals surface area (Å²) in [6, 6.07) is 0.604. The molecule has 5 nitrogen and oxygen atoms in total. The van der Waals surface area contributed by atoms with Gasteiger partial charge in [-0.1, -0.05) is 6.42 Å². The molecule has 0 spiro atoms. The molecular formula is C13H26N4O. The van der Waals surface area contributed by atoms with E-state index in [2.05, 4.69) is 10.2 Å². The van der Waals surface area contributed by atoms with E-state index >= 15 is 0 Å². The predicted octanol–water partition coefficient (Wildman–Crippen LogP) is 0.605. The Labute approximate surface area is 110 Å². The molecule has 3 N–H and O–H groups in total. The normalized spacial score (nSPS) is 21.1. The van der Waals surface area contributed by atoms with Crippen molar-refractivity contribution in [3.63, 3.8) is 0 Å². The first-order valence-corrected chi connectivity index (χ1v) is 7.27. The van der Waals surface area contributed by atoms with Gasteiger partial charge >= 0.3 is 6.03 Å². The van der Waals surface area contributed by atoms with Crippen LogP contribution in [0.4, 0.5) is 4.79 Å². The summed E-state index contributed by atoms with van der Waals surface area (Å²) in [4.78, 5) is 16.2. The van der Waals surface area contributed by atoms with Crippen molar-refractivity contribution >= 4 is 6.03 Å². The van der Waals surface area contributed by atoms with E-state index in [0.29, 0.717) is 6.04 Å². The largest absolute Gasteiger partial charge is 0.335 e. The van der Waals surface area contributed by atoms with Crippen LogP contribution in [0.5, 0.6) is 0 Å². The van der Waals surface area contributed by atoms with Gasteiger partial charge in [0.15, 0.2) is 0 Å². The Kier molecular flexibility index (Phi) is 5.26. The number of unbranched alkanes of at least 4 members (excludes halogenated alkanes) is 2. The lowest BCUT2D eigenvalue weighted by atomic mass is 10.2. The van der Waals surface area contributed by atoms with Crippen molar-refractivity contribution in [1.82, 2.24) is 15.1 Å². The highest BCUT2D eigenvalue weighted by Crippen LogP contribution is 2.19. The molecule has 1 aliphatic carbocycles. The summed E-state index contributed by atoms with van der Waals surface area (Å²) >= 11 is 0. The van der Waals surface area contributed by atoms with Crippen LogP contribution in [0, 0.1) is 0 Å². The molecule has 2 fully saturated rings. The topological polar surface area (TPSA) is 61.6 Å². The zero-order chi connectivity index (χ0) is 12.8. The summed E-state index contributed by atoms with van der Waals surface area (Å²) in [5.41, 5.74) is 5.48. The number of amides is 2. The number of nitrogens with two attached hydrogens (primary N) is 1. The summed E-state index contributed by atoms with van der Waals surface area (Å²) < 4.78 is 0. The Hall–Kier alpha value is -0.810. The second-order valence-corrected chi connectivity index (χ2v) is 5.40. The quantitative estimate of drug-likeness (QED) is 0.683. The summed E-state index contributed by atoms with van der Waals surface area (Å²) in [6.45, 7) is 5.72. The van der Waals surface area contributed by atoms with E-state index in [1.54, 1.807) is 0 Å². The number of nitrogens with zero attached hydrogens (tertiary/aromatic N) is 2. The molecular weight excluding hydrogens is 228 g/mol. The highest BCUT2D eigenvalue weighted by molar-refractivity contribution is 5.75. The molecule has 0 unspecified atom stereocenters. The van der Waals surface area contributed by atoms with Gasteiger partial charge in [-0.15, -0.1) is 0 Å². The van der Waals surface area contributed by atoms with Crippen LogP contribution >= 0.6 is 0 Å². The fraction of sp³-hybridized carbons (Fsp3) is 0.923. The second kappa shape index (κ2) is 6.95. The second-order valence-electron chi connectivity index (χ2n) is 5.40. The minimum Gasteiger partial charge on any atom is -0.335 e. The van der Waals surface area contributed by atoms with E-state index in [-0.39, 0.29) is 6.03 Å². The van der Waals surface area contributed by atoms with Crippen LogP contribution in [-0.4, -0.2) is 61.1 Å². The maximum Gasteiger partial charge on any atom is 0.317 e. The van der Waals surface area contributed by atoms with Gasteiger partial charge in [-0.2, -0.15) is 0 Å². The average Bonchev–Trinajstić information content (AvgIpc) is 3.19. The van der Waals surface area contributed by atoms with Gasteiger partial charge in [-0.25, -0.2) is 4.79 Å². The fourth-order valence-electron chi connectivity index (χ4n) is 2.32. The van der Waals surface area contributed by atoms with Crippen molar-refractivity contribution in [2.75, 3.05) is 39.3 Å². The molecule has 0 aromatic carbocycles. The lowest BCUT2D eigenvalue weighted by molar-refractivity contribution is 0.137. The Morgan fingerprint density at radius 2 is 1.83 bits per heavy atom. The number of nitrogens with one attached hydrogen (secondary N) is 1. The van der Waals surface area contributed by atoms with Gasteiger partial charge in [0.1, 0.15) is 0 Å². The summed E-state index contributed by atoms with van der Waals surface area (Å²) in [7, 11) is 0. The van der Waals surface area contributed by atoms with E-state index in [9.17, 15) is 4.79 Å². The van der Waals surface area contributed by atoms with Crippen molar-refractivity contribution in [1.29, 1.82) is 0 Å². The summed E-state index contributed by atoms with van der Waals surface area (Å²) in [5, 5.41) is 3.05. The smallest absolute Gasteiger partial charge is 0.317 e. The molecule has 5 heteroatoms. The SMILES string of the molecule is NCCCCCN1CCN(C(=O)NC2CC2)CC1. The van der Waals surface area contributed by atoms with Crippen LogP contribution in [0.25, 0.3) is 0 Å². The molecule has 1 aliphatic heterocycles. The number of hydrogen-bond acceptors (Lipinski definition) is 3. The fourth-order valence-corrected chi connectivity index (χ4v) is 2.32. The molecule has 18 heavy (non-hydrogen) atoms. The van der Waals surface area contributed by atoms with Gasteiger partial charge < -0.3 is 16.0 Å². The Balaban J connectivity index is 1.57. The molecule has 1 heterocycles. The zero-order valence-corrected chi connectivity index (χ0v) is 11.2. The lowest BCUT2D eigenvalue weighted by Crippen LogP contribution is -2.52. The van der Waals surface area contributed by atoms with Gasteiger partial charge in [0, 0.05) is 32.2 Å². The standard InChI is InChI=1S/C13H26N4O/c14-6-2-1-3-7-16-8-10-17(11-9-16)13(18)15-12-4-5-12/h12H,1-11,14H2,(H,15,18). The number of rotatable bonds is 6. The Bertz CT molecular complexity index is 260. The molecule has 2 aliphatic rings. The molecule has 0 radical (unpaired) electrons. The number of hydrogen-bond donors (Lipinski definition) is 2. The van der Waals surface area contributed by atoms with Gasteiger partial charge in [-0.05, 0) is 38.8 Å². The molecule has 0 aromatic heterocycles. The number of carbonyl (C=O) groups is 1. The third kappa shape index (κ3) is 4.46. The molecule has 104 valence electrons. The monoisotopic (exact) mass is 254 g/mol. The Morgan fingerprint density at radius 3 is 2.44 bits per heavy atom. The van der Waals surface area contributed by atoms with Crippen LogP contribution in [-0.2, 0) is 0 Å². The van der Waals surface area contributed by atoms with E-state index in [1.807, 2.05) is 4.90 Å². The van der Waals surface area contributed by atoms with E-state index < -0.39 is 0 Å². The molecule has 1 saturated heterocycles. The van der Waals surface area contributed by atoms with Gasteiger partial charge in [0.2, 0.25) is 0 Å². The van der Waals surface area contributed by atoms with Crippen molar-refractivity contribution in [3.8, 4) is 0 Å². The van der Waals surface area contributed by atoms with Gasteiger partial charge in [-0.3, -0.25) is 4.90 Å². The molecule has 0 bridgehead atoms. The van der Waals surface area contributed by atoms with Gasteiger partial charge in [0.05, 0.1) is 0 Å². The predicted molar refractivity (Wildman–Crippen MR) is 72.5 cm³/mol. The highest BCUT2D eigenvalue weighted by atomic mass is 16.2. The van der Waals surface area contributed by atoms with E-state index in [1.165, 1.54) is 12.8 Å². The number of urea groups is 1. The maximum absolute atomic E-state index is 11.8. The number of piperazine rings is 1. The lowest BCUT2D eigenvalue weighted by Gasteiger charge is -2.34. The first-order chi connectivity index (χ1) is 8.79. The van der Waals surface area contributed by atoms with Crippen molar-refractivity contribution < 1.29 is 4.79 Å². The van der Waals surface area contributed by atoms with Gasteiger partial charge in [0.25, 0.3) is 0 Å². The molecule has 0 aromatic rings. The molecule has 2 rings (SSSR count). The molecule has 0 atom stereocenters. The summed E-state index contributed by atoms with van der Waals surface area (Å²) in [6.07, 6.45) is 5.90. The van der Waals surface area contributed by atoms with Crippen LogP contribution < -0.4 is 11.1 Å². The summed E-state index contributed by atoms with van der Waals surface area (Å²) in [5.74, 6) is 0. The van der Waals surface area contributed by atoms with Crippen LogP contribution in [0.15, 0.2) is 0 Å². The van der Waals surface area contributed by atoms with E-state index in [0.717, 1.165) is 58.5 Å². The van der Waals surface area contributed by atoms with Crippen LogP contribution in [0.2, 0.25) is 0 Å². The minimum atomic E-state index is 0.139. The minimum absolute atomic E-state index is 0.139. The Morgan fingerprint density at radius 1 is 1.11 bits per heavy atom. The molecule has 1 saturated carbocycles. The first-order valence-electron chi connectivity index (χ1n) is 7.27. The first kappa shape index (κ1) is 13.6. The van der Waals surface area contributed by atoms with Crippen molar-refractivity contribution in [3.05, 3.63) is 0 Å². The number of carbonyl (C=O) groups excluding carboxylic acids is 1. The average molecular weight is 254 g/mol. The van der Waals surface area contributed by atoms with Crippen LogP contribution in [0.1, 0.15) is 32.1 Å². The van der Waals surface area contributed by atoms with Crippen LogP contribution in [0.3, 0.4) is 0 Å². The molecule has 2 amide bonds. The third-order valence-electron chi connectivity index (χ3n) is 3.74. The van der Waals surface area contributed by atoms with Crippen molar-refractivity contribution in [2.24, 2.45) is 5.73 Å². The van der Waals surface area contributed by atoms with E-state index in [4.69, 9.17) is 5.73 Å². The maximum atomic E-state index is 11.8. The van der Waals surface area contributed by atoms with Crippen molar-refractivity contribution in [2.45, 2.75) is 38.1 Å².